The number of hydrogen-bond donors (Lipinski definition) is 2. The van der Waals surface area contributed by atoms with Crippen LogP contribution in [0, 0.1) is 11.8 Å². The lowest BCUT2D eigenvalue weighted by Crippen LogP contribution is -2.39. The Morgan fingerprint density at radius 1 is 1.20 bits per heavy atom. The lowest BCUT2D eigenvalue weighted by Gasteiger charge is -2.32. The van der Waals surface area contributed by atoms with Crippen molar-refractivity contribution in [3.05, 3.63) is 0 Å². The molecule has 4 heteroatoms. The van der Waals surface area contributed by atoms with Gasteiger partial charge in [-0.05, 0) is 6.42 Å². The van der Waals surface area contributed by atoms with Crippen molar-refractivity contribution >= 4 is 0 Å². The molecule has 0 saturated carbocycles. The molecule has 0 aromatic heterocycles. The summed E-state index contributed by atoms with van der Waals surface area (Å²) >= 11 is 0. The zero-order chi connectivity index (χ0) is 11.1. The molecule has 0 unspecified atom stereocenters. The minimum atomic E-state index is -0.433. The molecule has 0 aromatic rings. The van der Waals surface area contributed by atoms with Gasteiger partial charge in [0.1, 0.15) is 0 Å². The molecular formula is C11H22O4. The molecule has 90 valence electrons. The molecule has 4 nitrogen and oxygen atoms in total. The third-order valence-electron chi connectivity index (χ3n) is 2.81. The molecule has 1 aliphatic rings. The number of rotatable bonds is 6. The molecule has 0 spiro atoms. The van der Waals surface area contributed by atoms with Crippen LogP contribution in [0.3, 0.4) is 0 Å². The van der Waals surface area contributed by atoms with Gasteiger partial charge in [-0.3, -0.25) is 0 Å². The van der Waals surface area contributed by atoms with E-state index in [1.807, 2.05) is 0 Å². The molecular weight excluding hydrogens is 196 g/mol. The van der Waals surface area contributed by atoms with Gasteiger partial charge < -0.3 is 19.7 Å². The smallest absolute Gasteiger partial charge is 0.164 e. The fourth-order valence-corrected chi connectivity index (χ4v) is 1.72. The Morgan fingerprint density at radius 2 is 1.80 bits per heavy atom. The third kappa shape index (κ3) is 4.07. The van der Waals surface area contributed by atoms with Crippen molar-refractivity contribution in [1.82, 2.24) is 0 Å². The first-order valence-corrected chi connectivity index (χ1v) is 5.76. The molecule has 1 saturated heterocycles. The van der Waals surface area contributed by atoms with Crippen LogP contribution < -0.4 is 0 Å². The summed E-state index contributed by atoms with van der Waals surface area (Å²) in [5.74, 6) is 0.163. The van der Waals surface area contributed by atoms with Crippen molar-refractivity contribution in [3.63, 3.8) is 0 Å². The van der Waals surface area contributed by atoms with Crippen molar-refractivity contribution in [3.8, 4) is 0 Å². The molecule has 1 rings (SSSR count). The normalized spacial score (nSPS) is 27.2. The molecule has 0 aliphatic carbocycles. The van der Waals surface area contributed by atoms with E-state index in [9.17, 15) is 0 Å². The Morgan fingerprint density at radius 3 is 2.27 bits per heavy atom. The second-order valence-corrected chi connectivity index (χ2v) is 4.17. The lowest BCUT2D eigenvalue weighted by atomic mass is 10.0. The van der Waals surface area contributed by atoms with Gasteiger partial charge in [0.15, 0.2) is 6.29 Å². The Balaban J connectivity index is 2.22. The van der Waals surface area contributed by atoms with Crippen LogP contribution >= 0.6 is 0 Å². The fraction of sp³-hybridized carbons (Fsp3) is 1.00. The minimum absolute atomic E-state index is 0.0964. The summed E-state index contributed by atoms with van der Waals surface area (Å²) in [6.45, 7) is 3.34. The summed E-state index contributed by atoms with van der Waals surface area (Å²) < 4.78 is 11.0. The van der Waals surface area contributed by atoms with E-state index in [1.165, 1.54) is 12.8 Å². The summed E-state index contributed by atoms with van der Waals surface area (Å²) in [6.07, 6.45) is 3.09. The maximum Gasteiger partial charge on any atom is 0.164 e. The second kappa shape index (κ2) is 7.17. The fourth-order valence-electron chi connectivity index (χ4n) is 1.72. The summed E-state index contributed by atoms with van der Waals surface area (Å²) in [7, 11) is 0. The largest absolute Gasteiger partial charge is 0.396 e. The molecule has 0 amide bonds. The molecule has 15 heavy (non-hydrogen) atoms. The maximum absolute atomic E-state index is 8.97. The molecule has 0 aromatic carbocycles. The predicted molar refractivity (Wildman–Crippen MR) is 56.4 cm³/mol. The number of ether oxygens (including phenoxy) is 2. The Labute approximate surface area is 91.2 Å². The second-order valence-electron chi connectivity index (χ2n) is 4.17. The highest BCUT2D eigenvalue weighted by Crippen LogP contribution is 2.20. The Kier molecular flexibility index (Phi) is 6.17. The van der Waals surface area contributed by atoms with Crippen molar-refractivity contribution in [1.29, 1.82) is 0 Å². The zero-order valence-corrected chi connectivity index (χ0v) is 9.39. The molecule has 0 bridgehead atoms. The van der Waals surface area contributed by atoms with Crippen LogP contribution in [0.15, 0.2) is 0 Å². The molecule has 1 heterocycles. The van der Waals surface area contributed by atoms with Crippen LogP contribution in [0.25, 0.3) is 0 Å². The number of aliphatic hydroxyl groups is 2. The van der Waals surface area contributed by atoms with Crippen molar-refractivity contribution in [2.45, 2.75) is 32.5 Å². The number of aliphatic hydroxyl groups excluding tert-OH is 2. The molecule has 1 fully saturated rings. The summed E-state index contributed by atoms with van der Waals surface area (Å²) in [4.78, 5) is 0. The van der Waals surface area contributed by atoms with Crippen LogP contribution in [0.1, 0.15) is 26.2 Å². The van der Waals surface area contributed by atoms with Crippen LogP contribution in [0.2, 0.25) is 0 Å². The van der Waals surface area contributed by atoms with E-state index in [0.29, 0.717) is 19.1 Å². The first-order chi connectivity index (χ1) is 7.31. The number of unbranched alkanes of at least 4 members (excludes halogenated alkanes) is 1. The first-order valence-electron chi connectivity index (χ1n) is 5.76. The van der Waals surface area contributed by atoms with Gasteiger partial charge in [0, 0.05) is 5.92 Å². The standard InChI is InChI=1S/C11H22O4/c1-2-3-4-9-7-14-11(15-8-9)10(5-12)6-13/h9-13H,2-8H2,1H3. The van der Waals surface area contributed by atoms with E-state index in [0.717, 1.165) is 6.42 Å². The topological polar surface area (TPSA) is 58.9 Å². The minimum Gasteiger partial charge on any atom is -0.396 e. The van der Waals surface area contributed by atoms with Crippen LogP contribution in [-0.2, 0) is 9.47 Å². The summed E-state index contributed by atoms with van der Waals surface area (Å²) in [5, 5.41) is 17.9. The van der Waals surface area contributed by atoms with Gasteiger partial charge in [0.25, 0.3) is 0 Å². The Hall–Kier alpha value is -0.160. The molecule has 0 radical (unpaired) electrons. The van der Waals surface area contributed by atoms with E-state index < -0.39 is 6.29 Å². The first kappa shape index (κ1) is 12.9. The highest BCUT2D eigenvalue weighted by Gasteiger charge is 2.28. The van der Waals surface area contributed by atoms with Gasteiger partial charge in [0.2, 0.25) is 0 Å². The molecule has 2 N–H and O–H groups in total. The predicted octanol–water partition coefficient (Wildman–Crippen LogP) is 0.766. The SMILES string of the molecule is CCCCC1COC(C(CO)CO)OC1. The van der Waals surface area contributed by atoms with Gasteiger partial charge in [-0.15, -0.1) is 0 Å². The van der Waals surface area contributed by atoms with Crippen LogP contribution in [0.4, 0.5) is 0 Å². The van der Waals surface area contributed by atoms with E-state index in [-0.39, 0.29) is 19.1 Å². The van der Waals surface area contributed by atoms with E-state index in [1.54, 1.807) is 0 Å². The highest BCUT2D eigenvalue weighted by molar-refractivity contribution is 4.68. The van der Waals surface area contributed by atoms with E-state index in [4.69, 9.17) is 19.7 Å². The average Bonchev–Trinajstić information content (AvgIpc) is 2.29. The quantitative estimate of drug-likeness (QED) is 0.691. The third-order valence-corrected chi connectivity index (χ3v) is 2.81. The summed E-state index contributed by atoms with van der Waals surface area (Å²) in [5.41, 5.74) is 0. The zero-order valence-electron chi connectivity index (χ0n) is 9.39. The van der Waals surface area contributed by atoms with E-state index in [2.05, 4.69) is 6.92 Å². The van der Waals surface area contributed by atoms with Gasteiger partial charge in [-0.1, -0.05) is 19.8 Å². The number of hydrogen-bond acceptors (Lipinski definition) is 4. The molecule has 0 atom stereocenters. The maximum atomic E-state index is 8.97. The van der Waals surface area contributed by atoms with Gasteiger partial charge >= 0.3 is 0 Å². The molecule has 1 aliphatic heterocycles. The van der Waals surface area contributed by atoms with Crippen molar-refractivity contribution in [2.24, 2.45) is 11.8 Å². The summed E-state index contributed by atoms with van der Waals surface area (Å²) in [6, 6.07) is 0. The van der Waals surface area contributed by atoms with Gasteiger partial charge in [-0.2, -0.15) is 0 Å². The lowest BCUT2D eigenvalue weighted by molar-refractivity contribution is -0.234. The van der Waals surface area contributed by atoms with Gasteiger partial charge in [-0.25, -0.2) is 0 Å². The van der Waals surface area contributed by atoms with Crippen LogP contribution in [0.5, 0.6) is 0 Å². The monoisotopic (exact) mass is 218 g/mol. The Bertz CT molecular complexity index is 151. The van der Waals surface area contributed by atoms with Crippen LogP contribution in [-0.4, -0.2) is 42.9 Å². The highest BCUT2D eigenvalue weighted by atomic mass is 16.7. The average molecular weight is 218 g/mol. The van der Waals surface area contributed by atoms with Crippen molar-refractivity contribution in [2.75, 3.05) is 26.4 Å². The van der Waals surface area contributed by atoms with E-state index >= 15 is 0 Å². The van der Waals surface area contributed by atoms with Crippen molar-refractivity contribution < 1.29 is 19.7 Å². The van der Waals surface area contributed by atoms with Gasteiger partial charge in [0.05, 0.1) is 32.3 Å².